The summed E-state index contributed by atoms with van der Waals surface area (Å²) in [6.45, 7) is 2.79. The molecule has 1 aromatic rings. The molecule has 1 unspecified atom stereocenters. The Morgan fingerprint density at radius 3 is 2.77 bits per heavy atom. The van der Waals surface area contributed by atoms with Crippen molar-refractivity contribution in [2.75, 3.05) is 33.1 Å². The molecule has 2 N–H and O–H groups in total. The number of morpholine rings is 1. The zero-order valence-corrected chi connectivity index (χ0v) is 15.7. The molecule has 26 heavy (non-hydrogen) atoms. The molecule has 0 bridgehead atoms. The van der Waals surface area contributed by atoms with E-state index in [1.165, 1.54) is 24.8 Å². The molecular formula is C19H27ClN2O4. The zero-order valence-electron chi connectivity index (χ0n) is 14.9. The number of benzene rings is 1. The molecule has 1 amide bonds. The first-order valence-electron chi connectivity index (χ1n) is 9.26. The zero-order chi connectivity index (χ0) is 17.1. The number of rotatable bonds is 4. The Morgan fingerprint density at radius 1 is 1.19 bits per heavy atom. The SMILES string of the molecule is Cl.O=C(NCC1(c2ccc3c(c2)OCO3)CCCCC1)C1COCCN1. The molecule has 1 saturated heterocycles. The number of fused-ring (bicyclic) bond motifs is 1. The average Bonchev–Trinajstić information content (AvgIpc) is 3.15. The number of halogens is 1. The fraction of sp³-hybridized carbons (Fsp3) is 0.632. The fourth-order valence-electron chi connectivity index (χ4n) is 4.14. The average molecular weight is 383 g/mol. The van der Waals surface area contributed by atoms with Crippen molar-refractivity contribution in [1.82, 2.24) is 10.6 Å². The van der Waals surface area contributed by atoms with Crippen LogP contribution in [0.3, 0.4) is 0 Å². The van der Waals surface area contributed by atoms with Gasteiger partial charge in [-0.05, 0) is 30.5 Å². The standard InChI is InChI=1S/C19H26N2O4.ClH/c22-18(15-11-23-9-8-20-15)21-12-19(6-2-1-3-7-19)14-4-5-16-17(10-14)25-13-24-16;/h4-5,10,15,20H,1-3,6-9,11-13H2,(H,21,22);1H. The molecule has 7 heteroatoms. The van der Waals surface area contributed by atoms with Gasteiger partial charge in [0.1, 0.15) is 6.04 Å². The van der Waals surface area contributed by atoms with Gasteiger partial charge in [-0.25, -0.2) is 0 Å². The summed E-state index contributed by atoms with van der Waals surface area (Å²) in [5.74, 6) is 1.66. The maximum atomic E-state index is 12.5. The monoisotopic (exact) mass is 382 g/mol. The number of amides is 1. The molecule has 0 aromatic heterocycles. The van der Waals surface area contributed by atoms with Crippen LogP contribution >= 0.6 is 12.4 Å². The van der Waals surface area contributed by atoms with Crippen LogP contribution in [-0.4, -0.2) is 45.0 Å². The molecule has 2 aliphatic heterocycles. The van der Waals surface area contributed by atoms with E-state index in [-0.39, 0.29) is 36.6 Å². The summed E-state index contributed by atoms with van der Waals surface area (Å²) in [6, 6.07) is 5.98. The molecule has 0 radical (unpaired) electrons. The van der Waals surface area contributed by atoms with Gasteiger partial charge in [0.2, 0.25) is 12.7 Å². The van der Waals surface area contributed by atoms with Crippen LogP contribution < -0.4 is 20.1 Å². The van der Waals surface area contributed by atoms with Crippen molar-refractivity contribution >= 4 is 18.3 Å². The molecule has 4 rings (SSSR count). The predicted molar refractivity (Wildman–Crippen MR) is 100 cm³/mol. The Hall–Kier alpha value is -1.50. The molecule has 2 heterocycles. The van der Waals surface area contributed by atoms with Crippen molar-refractivity contribution in [2.45, 2.75) is 43.6 Å². The van der Waals surface area contributed by atoms with Crippen LogP contribution in [0.15, 0.2) is 18.2 Å². The third kappa shape index (κ3) is 3.92. The van der Waals surface area contributed by atoms with Crippen molar-refractivity contribution in [3.05, 3.63) is 23.8 Å². The Morgan fingerprint density at radius 2 is 2.00 bits per heavy atom. The van der Waals surface area contributed by atoms with Gasteiger partial charge in [-0.3, -0.25) is 4.79 Å². The molecule has 1 saturated carbocycles. The Balaban J connectivity index is 0.00000196. The van der Waals surface area contributed by atoms with Gasteiger partial charge < -0.3 is 24.8 Å². The Bertz CT molecular complexity index is 628. The van der Waals surface area contributed by atoms with Gasteiger partial charge >= 0.3 is 0 Å². The lowest BCUT2D eigenvalue weighted by Gasteiger charge is -2.38. The highest BCUT2D eigenvalue weighted by Gasteiger charge is 2.36. The lowest BCUT2D eigenvalue weighted by molar-refractivity contribution is -0.126. The third-order valence-corrected chi connectivity index (χ3v) is 5.63. The first-order valence-corrected chi connectivity index (χ1v) is 9.26. The molecule has 1 atom stereocenters. The minimum Gasteiger partial charge on any atom is -0.454 e. The van der Waals surface area contributed by atoms with E-state index in [0.717, 1.165) is 30.9 Å². The number of hydrogen-bond donors (Lipinski definition) is 2. The van der Waals surface area contributed by atoms with Crippen molar-refractivity contribution in [1.29, 1.82) is 0 Å². The van der Waals surface area contributed by atoms with E-state index >= 15 is 0 Å². The molecule has 1 aliphatic carbocycles. The van der Waals surface area contributed by atoms with E-state index in [1.54, 1.807) is 0 Å². The van der Waals surface area contributed by atoms with Crippen molar-refractivity contribution < 1.29 is 19.0 Å². The van der Waals surface area contributed by atoms with Crippen LogP contribution in [0, 0.1) is 0 Å². The summed E-state index contributed by atoms with van der Waals surface area (Å²) in [6.07, 6.45) is 5.81. The second kappa shape index (κ2) is 8.46. The maximum absolute atomic E-state index is 12.5. The van der Waals surface area contributed by atoms with Gasteiger partial charge in [0, 0.05) is 18.5 Å². The van der Waals surface area contributed by atoms with Gasteiger partial charge in [-0.1, -0.05) is 25.3 Å². The lowest BCUT2D eigenvalue weighted by Crippen LogP contribution is -2.53. The van der Waals surface area contributed by atoms with E-state index in [0.29, 0.717) is 19.8 Å². The van der Waals surface area contributed by atoms with Gasteiger partial charge in [-0.2, -0.15) is 0 Å². The van der Waals surface area contributed by atoms with Gasteiger partial charge in [-0.15, -0.1) is 12.4 Å². The van der Waals surface area contributed by atoms with Crippen molar-refractivity contribution in [2.24, 2.45) is 0 Å². The van der Waals surface area contributed by atoms with Crippen LogP contribution in [-0.2, 0) is 14.9 Å². The highest BCUT2D eigenvalue weighted by Crippen LogP contribution is 2.43. The maximum Gasteiger partial charge on any atom is 0.239 e. The second-order valence-corrected chi connectivity index (χ2v) is 7.21. The van der Waals surface area contributed by atoms with Gasteiger partial charge in [0.15, 0.2) is 11.5 Å². The van der Waals surface area contributed by atoms with E-state index in [2.05, 4.69) is 22.8 Å². The highest BCUT2D eigenvalue weighted by molar-refractivity contribution is 5.85. The number of hydrogen-bond acceptors (Lipinski definition) is 5. The molecule has 2 fully saturated rings. The molecule has 1 aromatic carbocycles. The van der Waals surface area contributed by atoms with Crippen molar-refractivity contribution in [3.63, 3.8) is 0 Å². The minimum atomic E-state index is -0.244. The lowest BCUT2D eigenvalue weighted by atomic mass is 9.69. The first kappa shape index (κ1) is 19.3. The Kier molecular flexibility index (Phi) is 6.27. The van der Waals surface area contributed by atoms with E-state index < -0.39 is 0 Å². The van der Waals surface area contributed by atoms with E-state index in [9.17, 15) is 4.79 Å². The van der Waals surface area contributed by atoms with Crippen LogP contribution in [0.4, 0.5) is 0 Å². The summed E-state index contributed by atoms with van der Waals surface area (Å²) in [4.78, 5) is 12.5. The molecule has 6 nitrogen and oxygen atoms in total. The summed E-state index contributed by atoms with van der Waals surface area (Å²) in [5.41, 5.74) is 1.22. The number of ether oxygens (including phenoxy) is 3. The first-order chi connectivity index (χ1) is 12.3. The number of nitrogens with one attached hydrogen (secondary N) is 2. The Labute approximate surface area is 160 Å². The normalized spacial score (nSPS) is 23.8. The highest BCUT2D eigenvalue weighted by atomic mass is 35.5. The molecular weight excluding hydrogens is 356 g/mol. The van der Waals surface area contributed by atoms with Gasteiger partial charge in [0.25, 0.3) is 0 Å². The van der Waals surface area contributed by atoms with Crippen LogP contribution in [0.5, 0.6) is 11.5 Å². The summed E-state index contributed by atoms with van der Waals surface area (Å²) in [7, 11) is 0. The molecule has 3 aliphatic rings. The van der Waals surface area contributed by atoms with Crippen LogP contribution in [0.25, 0.3) is 0 Å². The van der Waals surface area contributed by atoms with Gasteiger partial charge in [0.05, 0.1) is 13.2 Å². The molecule has 144 valence electrons. The minimum absolute atomic E-state index is 0. The topological polar surface area (TPSA) is 68.8 Å². The van der Waals surface area contributed by atoms with Crippen LogP contribution in [0.2, 0.25) is 0 Å². The van der Waals surface area contributed by atoms with Crippen LogP contribution in [0.1, 0.15) is 37.7 Å². The summed E-state index contributed by atoms with van der Waals surface area (Å²) < 4.78 is 16.4. The van der Waals surface area contributed by atoms with E-state index in [4.69, 9.17) is 14.2 Å². The number of carbonyl (C=O) groups is 1. The van der Waals surface area contributed by atoms with Crippen molar-refractivity contribution in [3.8, 4) is 11.5 Å². The largest absolute Gasteiger partial charge is 0.454 e. The molecule has 0 spiro atoms. The third-order valence-electron chi connectivity index (χ3n) is 5.63. The summed E-state index contributed by atoms with van der Waals surface area (Å²) in [5, 5.41) is 6.39. The van der Waals surface area contributed by atoms with E-state index in [1.807, 2.05) is 6.07 Å². The predicted octanol–water partition coefficient (Wildman–Crippen LogP) is 2.14. The fourth-order valence-corrected chi connectivity index (χ4v) is 4.14. The summed E-state index contributed by atoms with van der Waals surface area (Å²) >= 11 is 0. The number of carbonyl (C=O) groups excluding carboxylic acids is 1. The quantitative estimate of drug-likeness (QED) is 0.835. The smallest absolute Gasteiger partial charge is 0.239 e. The second-order valence-electron chi connectivity index (χ2n) is 7.21.